The number of hydrogen-bond acceptors (Lipinski definition) is 5. The molecular formula is C20H23N3O5S. The van der Waals surface area contributed by atoms with Gasteiger partial charge in [-0.05, 0) is 62.4 Å². The lowest BCUT2D eigenvalue weighted by Gasteiger charge is -2.34. The molecule has 0 aromatic heterocycles. The van der Waals surface area contributed by atoms with Gasteiger partial charge in [0.1, 0.15) is 0 Å². The number of rotatable bonds is 5. The zero-order valence-electron chi connectivity index (χ0n) is 16.2. The van der Waals surface area contributed by atoms with Gasteiger partial charge in [-0.1, -0.05) is 0 Å². The van der Waals surface area contributed by atoms with Crippen LogP contribution in [0, 0.1) is 0 Å². The number of morpholine rings is 1. The van der Waals surface area contributed by atoms with Gasteiger partial charge in [-0.2, -0.15) is 4.31 Å². The standard InChI is InChI=1S/C20H23N3O5S/c1-13-11-23(12-14(2)28-13)29(26,27)18-9-5-16(6-10-18)20(25)22-17-7-3-15(4-8-17)19(21)24/h3-10,13-14H,11-12H2,1-2H3,(H2,21,24)(H,22,25)/t13-,14+. The first-order valence-electron chi connectivity index (χ1n) is 9.13. The summed E-state index contributed by atoms with van der Waals surface area (Å²) in [6, 6.07) is 11.9. The molecule has 0 spiro atoms. The Morgan fingerprint density at radius 2 is 1.48 bits per heavy atom. The first-order valence-corrected chi connectivity index (χ1v) is 10.6. The lowest BCUT2D eigenvalue weighted by Crippen LogP contribution is -2.48. The third-order valence-electron chi connectivity index (χ3n) is 4.57. The molecule has 2 atom stereocenters. The van der Waals surface area contributed by atoms with Crippen LogP contribution in [0.1, 0.15) is 34.6 Å². The van der Waals surface area contributed by atoms with Crippen molar-refractivity contribution in [2.45, 2.75) is 31.0 Å². The van der Waals surface area contributed by atoms with Gasteiger partial charge in [-0.15, -0.1) is 0 Å². The molecule has 1 fully saturated rings. The molecule has 1 aliphatic rings. The smallest absolute Gasteiger partial charge is 0.255 e. The lowest BCUT2D eigenvalue weighted by molar-refractivity contribution is -0.0440. The van der Waals surface area contributed by atoms with Crippen molar-refractivity contribution in [2.24, 2.45) is 5.73 Å². The highest BCUT2D eigenvalue weighted by atomic mass is 32.2. The van der Waals surface area contributed by atoms with E-state index in [0.717, 1.165) is 0 Å². The Balaban J connectivity index is 1.72. The number of carbonyl (C=O) groups excluding carboxylic acids is 2. The summed E-state index contributed by atoms with van der Waals surface area (Å²) in [7, 11) is -3.66. The van der Waals surface area contributed by atoms with Gasteiger partial charge in [0.05, 0.1) is 17.1 Å². The molecule has 1 saturated heterocycles. The molecule has 0 aliphatic carbocycles. The number of hydrogen-bond donors (Lipinski definition) is 2. The second-order valence-electron chi connectivity index (χ2n) is 7.00. The molecule has 2 aromatic carbocycles. The van der Waals surface area contributed by atoms with Gasteiger partial charge in [0.2, 0.25) is 15.9 Å². The number of carbonyl (C=O) groups is 2. The van der Waals surface area contributed by atoms with Gasteiger partial charge in [-0.25, -0.2) is 8.42 Å². The first-order chi connectivity index (χ1) is 13.7. The summed E-state index contributed by atoms with van der Waals surface area (Å²) in [5, 5.41) is 2.69. The third-order valence-corrected chi connectivity index (χ3v) is 6.41. The SMILES string of the molecule is C[C@@H]1CN(S(=O)(=O)c2ccc(C(=O)Nc3ccc(C(N)=O)cc3)cc2)C[C@H](C)O1. The highest BCUT2D eigenvalue weighted by Crippen LogP contribution is 2.22. The normalized spacial score (nSPS) is 20.2. The Kier molecular flexibility index (Phi) is 6.02. The van der Waals surface area contributed by atoms with Crippen LogP contribution >= 0.6 is 0 Å². The van der Waals surface area contributed by atoms with Crippen LogP contribution in [0.5, 0.6) is 0 Å². The fourth-order valence-electron chi connectivity index (χ4n) is 3.18. The second kappa shape index (κ2) is 8.32. The molecule has 1 aliphatic heterocycles. The zero-order valence-corrected chi connectivity index (χ0v) is 17.0. The van der Waals surface area contributed by atoms with Gasteiger partial charge in [-0.3, -0.25) is 9.59 Å². The van der Waals surface area contributed by atoms with E-state index in [1.165, 1.54) is 40.7 Å². The van der Waals surface area contributed by atoms with Crippen molar-refractivity contribution >= 4 is 27.5 Å². The summed E-state index contributed by atoms with van der Waals surface area (Å²) in [6.45, 7) is 4.25. The molecule has 9 heteroatoms. The zero-order chi connectivity index (χ0) is 21.2. The molecule has 29 heavy (non-hydrogen) atoms. The van der Waals surface area contributed by atoms with E-state index in [4.69, 9.17) is 10.5 Å². The second-order valence-corrected chi connectivity index (χ2v) is 8.94. The van der Waals surface area contributed by atoms with Gasteiger partial charge in [0.15, 0.2) is 0 Å². The molecule has 2 amide bonds. The van der Waals surface area contributed by atoms with Crippen molar-refractivity contribution in [3.05, 3.63) is 59.7 Å². The van der Waals surface area contributed by atoms with Crippen molar-refractivity contribution in [3.63, 3.8) is 0 Å². The van der Waals surface area contributed by atoms with E-state index in [0.29, 0.717) is 16.8 Å². The van der Waals surface area contributed by atoms with Gasteiger partial charge in [0, 0.05) is 29.9 Å². The van der Waals surface area contributed by atoms with Crippen LogP contribution in [-0.2, 0) is 14.8 Å². The van der Waals surface area contributed by atoms with Crippen molar-refractivity contribution in [1.82, 2.24) is 4.31 Å². The quantitative estimate of drug-likeness (QED) is 0.769. The Hall–Kier alpha value is -2.75. The summed E-state index contributed by atoms with van der Waals surface area (Å²) in [6.07, 6.45) is -0.362. The first kappa shape index (κ1) is 21.0. The third kappa shape index (κ3) is 4.81. The van der Waals surface area contributed by atoms with E-state index in [-0.39, 0.29) is 30.2 Å². The molecule has 3 rings (SSSR count). The highest BCUT2D eigenvalue weighted by molar-refractivity contribution is 7.89. The number of ether oxygens (including phenoxy) is 1. The monoisotopic (exact) mass is 417 g/mol. The van der Waals surface area contributed by atoms with Crippen LogP contribution in [0.15, 0.2) is 53.4 Å². The van der Waals surface area contributed by atoms with Crippen LogP contribution in [0.4, 0.5) is 5.69 Å². The Morgan fingerprint density at radius 1 is 0.966 bits per heavy atom. The van der Waals surface area contributed by atoms with E-state index in [1.54, 1.807) is 12.1 Å². The average Bonchev–Trinajstić information content (AvgIpc) is 2.67. The molecule has 0 bridgehead atoms. The largest absolute Gasteiger partial charge is 0.373 e. The maximum absolute atomic E-state index is 12.9. The fourth-order valence-corrected chi connectivity index (χ4v) is 4.77. The molecule has 1 heterocycles. The minimum absolute atomic E-state index is 0.126. The number of anilines is 1. The van der Waals surface area contributed by atoms with E-state index < -0.39 is 21.8 Å². The van der Waals surface area contributed by atoms with Crippen molar-refractivity contribution in [1.29, 1.82) is 0 Å². The topological polar surface area (TPSA) is 119 Å². The molecule has 0 radical (unpaired) electrons. The van der Waals surface area contributed by atoms with Crippen LogP contribution in [0.2, 0.25) is 0 Å². The summed E-state index contributed by atoms with van der Waals surface area (Å²) in [5.41, 5.74) is 6.33. The maximum Gasteiger partial charge on any atom is 0.255 e. The van der Waals surface area contributed by atoms with E-state index in [9.17, 15) is 18.0 Å². The highest BCUT2D eigenvalue weighted by Gasteiger charge is 2.32. The number of amides is 2. The molecule has 0 saturated carbocycles. The van der Waals surface area contributed by atoms with Crippen LogP contribution in [0.25, 0.3) is 0 Å². The molecule has 8 nitrogen and oxygen atoms in total. The number of sulfonamides is 1. The van der Waals surface area contributed by atoms with Gasteiger partial charge in [0.25, 0.3) is 5.91 Å². The minimum Gasteiger partial charge on any atom is -0.373 e. The fraction of sp³-hybridized carbons (Fsp3) is 0.300. The summed E-state index contributed by atoms with van der Waals surface area (Å²) < 4.78 is 32.7. The summed E-state index contributed by atoms with van der Waals surface area (Å²) >= 11 is 0. The van der Waals surface area contributed by atoms with Crippen molar-refractivity contribution in [2.75, 3.05) is 18.4 Å². The Bertz CT molecular complexity index is 993. The number of nitrogens with two attached hydrogens (primary N) is 1. The predicted octanol–water partition coefficient (Wildman–Crippen LogP) is 1.84. The summed E-state index contributed by atoms with van der Waals surface area (Å²) in [4.78, 5) is 23.6. The lowest BCUT2D eigenvalue weighted by atomic mass is 10.2. The number of primary amides is 1. The minimum atomic E-state index is -3.66. The molecule has 0 unspecified atom stereocenters. The Labute approximate surface area is 169 Å². The van der Waals surface area contributed by atoms with Gasteiger partial charge >= 0.3 is 0 Å². The van der Waals surface area contributed by atoms with Crippen LogP contribution in [-0.4, -0.2) is 49.8 Å². The van der Waals surface area contributed by atoms with Crippen molar-refractivity contribution < 1.29 is 22.7 Å². The Morgan fingerprint density at radius 3 is 2.00 bits per heavy atom. The van der Waals surface area contributed by atoms with Crippen LogP contribution < -0.4 is 11.1 Å². The number of nitrogens with zero attached hydrogens (tertiary/aromatic N) is 1. The number of nitrogens with one attached hydrogen (secondary N) is 1. The van der Waals surface area contributed by atoms with E-state index in [1.807, 2.05) is 13.8 Å². The van der Waals surface area contributed by atoms with E-state index in [2.05, 4.69) is 5.32 Å². The average molecular weight is 417 g/mol. The molecule has 2 aromatic rings. The predicted molar refractivity (Wildman–Crippen MR) is 108 cm³/mol. The molecule has 154 valence electrons. The number of benzene rings is 2. The molecule has 3 N–H and O–H groups in total. The van der Waals surface area contributed by atoms with Gasteiger partial charge < -0.3 is 15.8 Å². The maximum atomic E-state index is 12.9. The summed E-state index contributed by atoms with van der Waals surface area (Å²) in [5.74, 6) is -0.946. The molecular weight excluding hydrogens is 394 g/mol. The van der Waals surface area contributed by atoms with Crippen molar-refractivity contribution in [3.8, 4) is 0 Å². The van der Waals surface area contributed by atoms with Crippen LogP contribution in [0.3, 0.4) is 0 Å². The van der Waals surface area contributed by atoms with E-state index >= 15 is 0 Å².